The fourth-order valence-corrected chi connectivity index (χ4v) is 3.44. The van der Waals surface area contributed by atoms with Crippen molar-refractivity contribution >= 4 is 27.4 Å². The number of carbonyl (C=O) groups is 2. The number of carbonyl (C=O) groups excluding carboxylic acids is 1. The van der Waals surface area contributed by atoms with E-state index in [0.29, 0.717) is 24.1 Å². The predicted octanol–water partition coefficient (Wildman–Crippen LogP) is 1.84. The van der Waals surface area contributed by atoms with Crippen LogP contribution < -0.4 is 5.32 Å². The maximum atomic E-state index is 12.4. The first-order valence-electron chi connectivity index (χ1n) is 7.21. The first-order valence-corrected chi connectivity index (χ1v) is 9.27. The Morgan fingerprint density at radius 2 is 1.87 bits per heavy atom. The van der Waals surface area contributed by atoms with E-state index in [9.17, 15) is 23.1 Å². The molecule has 0 saturated heterocycles. The van der Waals surface area contributed by atoms with Crippen molar-refractivity contribution in [3.63, 3.8) is 0 Å². The Bertz CT molecular complexity index is 739. The Kier molecular flexibility index (Phi) is 5.20. The third kappa shape index (κ3) is 4.92. The van der Waals surface area contributed by atoms with Crippen LogP contribution in [0.2, 0.25) is 0 Å². The van der Waals surface area contributed by atoms with Gasteiger partial charge in [-0.1, -0.05) is 24.3 Å². The number of allylic oxidation sites excluding steroid dienone is 2. The van der Waals surface area contributed by atoms with E-state index < -0.39 is 27.6 Å². The zero-order chi connectivity index (χ0) is 17.0. The molecule has 0 unspecified atom stereocenters. The van der Waals surface area contributed by atoms with Gasteiger partial charge in [0.15, 0.2) is 9.84 Å². The van der Waals surface area contributed by atoms with Crippen LogP contribution in [-0.2, 0) is 25.2 Å². The van der Waals surface area contributed by atoms with Crippen molar-refractivity contribution in [2.24, 2.45) is 11.8 Å². The van der Waals surface area contributed by atoms with Crippen molar-refractivity contribution in [1.82, 2.24) is 0 Å². The highest BCUT2D eigenvalue weighted by atomic mass is 32.2. The SMILES string of the molecule is CS(=O)(=O)Cc1cccc(NC(=O)[C@H]2CC=CC[C@@H]2C(=O)O)c1. The number of rotatable bonds is 5. The minimum Gasteiger partial charge on any atom is -0.481 e. The number of amides is 1. The topological polar surface area (TPSA) is 101 Å². The lowest BCUT2D eigenvalue weighted by atomic mass is 9.82. The van der Waals surface area contributed by atoms with Gasteiger partial charge in [0.2, 0.25) is 5.91 Å². The maximum absolute atomic E-state index is 12.4. The Balaban J connectivity index is 2.12. The molecule has 0 aliphatic heterocycles. The van der Waals surface area contributed by atoms with Gasteiger partial charge in [-0.3, -0.25) is 9.59 Å². The van der Waals surface area contributed by atoms with E-state index in [0.717, 1.165) is 6.26 Å². The highest BCUT2D eigenvalue weighted by molar-refractivity contribution is 7.89. The van der Waals surface area contributed by atoms with E-state index in [2.05, 4.69) is 5.32 Å². The number of anilines is 1. The highest BCUT2D eigenvalue weighted by Gasteiger charge is 2.33. The average molecular weight is 337 g/mol. The van der Waals surface area contributed by atoms with E-state index in [4.69, 9.17) is 0 Å². The van der Waals surface area contributed by atoms with Gasteiger partial charge in [0.05, 0.1) is 17.6 Å². The summed E-state index contributed by atoms with van der Waals surface area (Å²) >= 11 is 0. The number of aliphatic carboxylic acids is 1. The van der Waals surface area contributed by atoms with Gasteiger partial charge in [-0.15, -0.1) is 0 Å². The molecule has 1 amide bonds. The molecule has 1 aliphatic carbocycles. The molecule has 1 aromatic carbocycles. The first-order chi connectivity index (χ1) is 10.8. The van der Waals surface area contributed by atoms with Gasteiger partial charge in [-0.25, -0.2) is 8.42 Å². The summed E-state index contributed by atoms with van der Waals surface area (Å²) in [6, 6.07) is 6.57. The van der Waals surface area contributed by atoms with Crippen molar-refractivity contribution in [2.75, 3.05) is 11.6 Å². The number of carboxylic acid groups (broad SMARTS) is 1. The van der Waals surface area contributed by atoms with Crippen LogP contribution in [0.25, 0.3) is 0 Å². The predicted molar refractivity (Wildman–Crippen MR) is 86.6 cm³/mol. The van der Waals surface area contributed by atoms with Crippen LogP contribution in [0, 0.1) is 11.8 Å². The second-order valence-corrected chi connectivity index (χ2v) is 7.89. The Hall–Kier alpha value is -2.15. The van der Waals surface area contributed by atoms with E-state index in [1.807, 2.05) is 6.08 Å². The molecule has 1 aromatic rings. The van der Waals surface area contributed by atoms with Crippen molar-refractivity contribution in [3.8, 4) is 0 Å². The lowest BCUT2D eigenvalue weighted by Crippen LogP contribution is -2.34. The molecule has 0 radical (unpaired) electrons. The van der Waals surface area contributed by atoms with Crippen molar-refractivity contribution in [3.05, 3.63) is 42.0 Å². The quantitative estimate of drug-likeness (QED) is 0.799. The largest absolute Gasteiger partial charge is 0.481 e. The molecule has 1 aliphatic rings. The van der Waals surface area contributed by atoms with Gasteiger partial charge in [0.25, 0.3) is 0 Å². The molecule has 6 nitrogen and oxygen atoms in total. The number of carboxylic acids is 1. The molecule has 0 aromatic heterocycles. The average Bonchev–Trinajstić information content (AvgIpc) is 2.45. The summed E-state index contributed by atoms with van der Waals surface area (Å²) in [5, 5.41) is 11.9. The number of benzene rings is 1. The van der Waals surface area contributed by atoms with Crippen LogP contribution in [0.4, 0.5) is 5.69 Å². The van der Waals surface area contributed by atoms with Crippen molar-refractivity contribution in [1.29, 1.82) is 0 Å². The lowest BCUT2D eigenvalue weighted by molar-refractivity contribution is -0.146. The number of hydrogen-bond acceptors (Lipinski definition) is 4. The summed E-state index contributed by atoms with van der Waals surface area (Å²) in [5.41, 5.74) is 1.04. The Morgan fingerprint density at radius 3 is 2.48 bits per heavy atom. The number of sulfone groups is 1. The smallest absolute Gasteiger partial charge is 0.307 e. The summed E-state index contributed by atoms with van der Waals surface area (Å²) in [7, 11) is -3.16. The van der Waals surface area contributed by atoms with Gasteiger partial charge < -0.3 is 10.4 Å². The summed E-state index contributed by atoms with van der Waals surface area (Å²) in [4.78, 5) is 23.6. The second-order valence-electron chi connectivity index (χ2n) is 5.75. The van der Waals surface area contributed by atoms with Gasteiger partial charge >= 0.3 is 5.97 Å². The first kappa shape index (κ1) is 17.2. The molecule has 124 valence electrons. The Morgan fingerprint density at radius 1 is 1.22 bits per heavy atom. The lowest BCUT2D eigenvalue weighted by Gasteiger charge is -2.24. The normalized spacial score (nSPS) is 20.9. The molecule has 0 heterocycles. The Labute approximate surface area is 135 Å². The second kappa shape index (κ2) is 6.95. The van der Waals surface area contributed by atoms with Gasteiger partial charge in [-0.05, 0) is 30.5 Å². The molecular weight excluding hydrogens is 318 g/mol. The minimum atomic E-state index is -3.16. The van der Waals surface area contributed by atoms with E-state index in [1.54, 1.807) is 30.3 Å². The minimum absolute atomic E-state index is 0.110. The summed E-state index contributed by atoms with van der Waals surface area (Å²) in [6.07, 6.45) is 5.44. The van der Waals surface area contributed by atoms with E-state index >= 15 is 0 Å². The van der Waals surface area contributed by atoms with Gasteiger partial charge in [0.1, 0.15) is 0 Å². The molecule has 0 saturated carbocycles. The maximum Gasteiger partial charge on any atom is 0.307 e. The van der Waals surface area contributed by atoms with Gasteiger partial charge in [0, 0.05) is 11.9 Å². The monoisotopic (exact) mass is 337 g/mol. The fourth-order valence-electron chi connectivity index (χ4n) is 2.65. The molecule has 2 rings (SSSR count). The molecule has 0 fully saturated rings. The van der Waals surface area contributed by atoms with E-state index in [1.165, 1.54) is 0 Å². The molecule has 7 heteroatoms. The molecule has 2 atom stereocenters. The fraction of sp³-hybridized carbons (Fsp3) is 0.375. The summed E-state index contributed by atoms with van der Waals surface area (Å²) < 4.78 is 22.7. The van der Waals surface area contributed by atoms with Crippen LogP contribution in [0.3, 0.4) is 0 Å². The summed E-state index contributed by atoms with van der Waals surface area (Å²) in [5.74, 6) is -2.82. The number of nitrogens with one attached hydrogen (secondary N) is 1. The molecule has 0 spiro atoms. The van der Waals surface area contributed by atoms with Crippen LogP contribution in [0.5, 0.6) is 0 Å². The van der Waals surface area contributed by atoms with Crippen LogP contribution in [0.15, 0.2) is 36.4 Å². The molecular formula is C16H19NO5S. The zero-order valence-electron chi connectivity index (χ0n) is 12.7. The van der Waals surface area contributed by atoms with Crippen molar-refractivity contribution in [2.45, 2.75) is 18.6 Å². The van der Waals surface area contributed by atoms with Crippen LogP contribution in [0.1, 0.15) is 18.4 Å². The zero-order valence-corrected chi connectivity index (χ0v) is 13.5. The molecule has 23 heavy (non-hydrogen) atoms. The van der Waals surface area contributed by atoms with Crippen molar-refractivity contribution < 1.29 is 23.1 Å². The summed E-state index contributed by atoms with van der Waals surface area (Å²) in [6.45, 7) is 0. The van der Waals surface area contributed by atoms with E-state index in [-0.39, 0.29) is 11.7 Å². The number of hydrogen-bond donors (Lipinski definition) is 2. The van der Waals surface area contributed by atoms with Crippen LogP contribution in [-0.4, -0.2) is 31.7 Å². The van der Waals surface area contributed by atoms with Crippen LogP contribution >= 0.6 is 0 Å². The third-order valence-electron chi connectivity index (χ3n) is 3.71. The van der Waals surface area contributed by atoms with Gasteiger partial charge in [-0.2, -0.15) is 0 Å². The standard InChI is InChI=1S/C16H19NO5S/c1-23(21,22)10-11-5-4-6-12(9-11)17-15(18)13-7-2-3-8-14(13)16(19)20/h2-6,9,13-14H,7-8,10H2,1H3,(H,17,18)(H,19,20)/t13-,14-/m0/s1. The molecule has 2 N–H and O–H groups in total. The third-order valence-corrected chi connectivity index (χ3v) is 4.57. The molecule has 0 bridgehead atoms. The highest BCUT2D eigenvalue weighted by Crippen LogP contribution is 2.27.